The number of ether oxygens (including phenoxy) is 1. The van der Waals surface area contributed by atoms with Crippen molar-refractivity contribution in [1.29, 1.82) is 0 Å². The van der Waals surface area contributed by atoms with E-state index in [2.05, 4.69) is 20.9 Å². The number of piperidine rings is 1. The van der Waals surface area contributed by atoms with E-state index in [9.17, 15) is 4.79 Å². The maximum atomic E-state index is 12.6. The van der Waals surface area contributed by atoms with Gasteiger partial charge in [0.15, 0.2) is 0 Å². The van der Waals surface area contributed by atoms with Crippen molar-refractivity contribution in [3.63, 3.8) is 0 Å². The van der Waals surface area contributed by atoms with E-state index in [1.54, 1.807) is 6.20 Å². The number of carbonyl (C=O) groups excluding carboxylic acids is 1. The van der Waals surface area contributed by atoms with Gasteiger partial charge >= 0.3 is 5.97 Å². The Hall–Kier alpha value is -2.63. The summed E-state index contributed by atoms with van der Waals surface area (Å²) in [5.41, 5.74) is 9.01. The third-order valence-electron chi connectivity index (χ3n) is 5.22. The van der Waals surface area contributed by atoms with E-state index in [0.717, 1.165) is 38.0 Å². The number of fused-ring (bicyclic) bond motifs is 1. The first-order chi connectivity index (χ1) is 12.7. The summed E-state index contributed by atoms with van der Waals surface area (Å²) in [4.78, 5) is 22.9. The minimum Gasteiger partial charge on any atom is -0.457 e. The van der Waals surface area contributed by atoms with Crippen LogP contribution in [0.5, 0.6) is 0 Å². The molecule has 26 heavy (non-hydrogen) atoms. The Balaban J connectivity index is 1.42. The highest BCUT2D eigenvalue weighted by Gasteiger charge is 2.25. The zero-order valence-corrected chi connectivity index (χ0v) is 14.9. The fourth-order valence-electron chi connectivity index (χ4n) is 3.86. The van der Waals surface area contributed by atoms with Crippen LogP contribution in [-0.4, -0.2) is 35.1 Å². The molecule has 1 aliphatic carbocycles. The molecule has 1 aromatic carbocycles. The fraction of sp³-hybridized carbons (Fsp3) is 0.450. The van der Waals surface area contributed by atoms with E-state index < -0.39 is 0 Å². The molecule has 1 saturated heterocycles. The van der Waals surface area contributed by atoms with Gasteiger partial charge in [0.2, 0.25) is 5.95 Å². The Morgan fingerprint density at radius 3 is 2.85 bits per heavy atom. The molecule has 0 radical (unpaired) electrons. The van der Waals surface area contributed by atoms with Crippen molar-refractivity contribution in [3.8, 4) is 0 Å². The summed E-state index contributed by atoms with van der Waals surface area (Å²) in [7, 11) is 0. The van der Waals surface area contributed by atoms with Crippen LogP contribution in [0, 0.1) is 0 Å². The Labute approximate surface area is 153 Å². The standard InChI is InChI=1S/C20H24N4O2/c21-20-22-10-9-18(23-20)24-11-3-6-17(13-24)26-19(25)16-8-7-14-4-1-2-5-15(14)12-16/h7-10,12,17H,1-6,11,13H2,(H2,21,22,23)/t17-/m0/s1. The monoisotopic (exact) mass is 352 g/mol. The maximum absolute atomic E-state index is 12.6. The van der Waals surface area contributed by atoms with Crippen molar-refractivity contribution in [2.24, 2.45) is 0 Å². The van der Waals surface area contributed by atoms with Gasteiger partial charge in [-0.3, -0.25) is 0 Å². The number of benzene rings is 1. The van der Waals surface area contributed by atoms with Crippen LogP contribution in [0.2, 0.25) is 0 Å². The molecule has 0 unspecified atom stereocenters. The predicted octanol–water partition coefficient (Wildman–Crippen LogP) is 2.76. The quantitative estimate of drug-likeness (QED) is 0.856. The predicted molar refractivity (Wildman–Crippen MR) is 100 cm³/mol. The Kier molecular flexibility index (Phi) is 4.73. The first kappa shape index (κ1) is 16.8. The largest absolute Gasteiger partial charge is 0.457 e. The van der Waals surface area contributed by atoms with Crippen LogP contribution in [0.25, 0.3) is 0 Å². The molecule has 1 aliphatic heterocycles. The second-order valence-corrected chi connectivity index (χ2v) is 7.08. The van der Waals surface area contributed by atoms with Crippen LogP contribution in [0.1, 0.15) is 47.2 Å². The summed E-state index contributed by atoms with van der Waals surface area (Å²) in [6.07, 6.45) is 7.95. The van der Waals surface area contributed by atoms with Crippen LogP contribution < -0.4 is 10.6 Å². The van der Waals surface area contributed by atoms with E-state index >= 15 is 0 Å². The topological polar surface area (TPSA) is 81.3 Å². The maximum Gasteiger partial charge on any atom is 0.338 e. The zero-order chi connectivity index (χ0) is 17.9. The number of carbonyl (C=O) groups is 1. The number of nitrogens with zero attached hydrogens (tertiary/aromatic N) is 3. The molecular weight excluding hydrogens is 328 g/mol. The lowest BCUT2D eigenvalue weighted by molar-refractivity contribution is 0.0269. The number of esters is 1. The van der Waals surface area contributed by atoms with Crippen LogP contribution in [0.3, 0.4) is 0 Å². The van der Waals surface area contributed by atoms with Crippen LogP contribution in [-0.2, 0) is 17.6 Å². The molecule has 0 saturated carbocycles. The van der Waals surface area contributed by atoms with E-state index in [1.165, 1.54) is 24.0 Å². The SMILES string of the molecule is Nc1nccc(N2CCC[C@H](OC(=O)c3ccc4c(c3)CCCC4)C2)n1. The fourth-order valence-corrected chi connectivity index (χ4v) is 3.86. The van der Waals surface area contributed by atoms with Crippen molar-refractivity contribution in [2.75, 3.05) is 23.7 Å². The van der Waals surface area contributed by atoms with Gasteiger partial charge in [-0.1, -0.05) is 6.07 Å². The first-order valence-electron chi connectivity index (χ1n) is 9.35. The zero-order valence-electron chi connectivity index (χ0n) is 14.9. The van der Waals surface area contributed by atoms with Crippen LogP contribution >= 0.6 is 0 Å². The van der Waals surface area contributed by atoms with Gasteiger partial charge in [0.1, 0.15) is 11.9 Å². The highest BCUT2D eigenvalue weighted by Crippen LogP contribution is 2.24. The van der Waals surface area contributed by atoms with E-state index in [-0.39, 0.29) is 18.0 Å². The summed E-state index contributed by atoms with van der Waals surface area (Å²) in [5, 5.41) is 0. The number of nitrogens with two attached hydrogens (primary N) is 1. The van der Waals surface area contributed by atoms with Gasteiger partial charge in [0.25, 0.3) is 0 Å². The van der Waals surface area contributed by atoms with Gasteiger partial charge in [-0.05, 0) is 67.9 Å². The molecule has 0 spiro atoms. The van der Waals surface area contributed by atoms with E-state index in [0.29, 0.717) is 12.1 Å². The van der Waals surface area contributed by atoms with Crippen LogP contribution in [0.15, 0.2) is 30.5 Å². The molecule has 136 valence electrons. The molecule has 0 amide bonds. The second kappa shape index (κ2) is 7.32. The summed E-state index contributed by atoms with van der Waals surface area (Å²) in [6.45, 7) is 1.51. The first-order valence-corrected chi connectivity index (χ1v) is 9.35. The summed E-state index contributed by atoms with van der Waals surface area (Å²) in [6, 6.07) is 7.84. The molecule has 6 nitrogen and oxygen atoms in total. The smallest absolute Gasteiger partial charge is 0.338 e. The third kappa shape index (κ3) is 3.64. The van der Waals surface area contributed by atoms with E-state index in [4.69, 9.17) is 10.5 Å². The Morgan fingerprint density at radius 1 is 1.15 bits per heavy atom. The minimum atomic E-state index is -0.229. The second-order valence-electron chi connectivity index (χ2n) is 7.08. The van der Waals surface area contributed by atoms with Gasteiger partial charge in [0.05, 0.1) is 12.1 Å². The summed E-state index contributed by atoms with van der Waals surface area (Å²) >= 11 is 0. The van der Waals surface area contributed by atoms with Gasteiger partial charge in [-0.25, -0.2) is 9.78 Å². The molecule has 2 aliphatic rings. The highest BCUT2D eigenvalue weighted by molar-refractivity contribution is 5.90. The molecule has 2 N–H and O–H groups in total. The Bertz CT molecular complexity index is 808. The third-order valence-corrected chi connectivity index (χ3v) is 5.22. The number of aromatic nitrogens is 2. The number of nitrogen functional groups attached to an aromatic ring is 1. The number of hydrogen-bond donors (Lipinski definition) is 1. The molecule has 4 rings (SSSR count). The van der Waals surface area contributed by atoms with E-state index in [1.807, 2.05) is 18.2 Å². The van der Waals surface area contributed by atoms with Gasteiger partial charge in [-0.15, -0.1) is 0 Å². The normalized spacial score (nSPS) is 19.7. The lowest BCUT2D eigenvalue weighted by Gasteiger charge is -2.33. The lowest BCUT2D eigenvalue weighted by atomic mass is 9.90. The molecule has 2 heterocycles. The molecular formula is C20H24N4O2. The molecule has 1 fully saturated rings. The van der Waals surface area contributed by atoms with Crippen molar-refractivity contribution >= 4 is 17.7 Å². The van der Waals surface area contributed by atoms with Crippen LogP contribution in [0.4, 0.5) is 11.8 Å². The lowest BCUT2D eigenvalue weighted by Crippen LogP contribution is -2.41. The molecule has 1 atom stereocenters. The number of anilines is 2. The molecule has 1 aromatic heterocycles. The highest BCUT2D eigenvalue weighted by atomic mass is 16.5. The summed E-state index contributed by atoms with van der Waals surface area (Å²) in [5.74, 6) is 0.815. The van der Waals surface area contributed by atoms with Gasteiger partial charge in [0, 0.05) is 12.7 Å². The Morgan fingerprint density at radius 2 is 2.00 bits per heavy atom. The van der Waals surface area contributed by atoms with Crippen molar-refractivity contribution in [1.82, 2.24) is 9.97 Å². The van der Waals surface area contributed by atoms with Gasteiger partial charge in [-0.2, -0.15) is 4.98 Å². The van der Waals surface area contributed by atoms with Crippen molar-refractivity contribution < 1.29 is 9.53 Å². The van der Waals surface area contributed by atoms with Crippen molar-refractivity contribution in [2.45, 2.75) is 44.6 Å². The molecule has 2 aromatic rings. The molecule has 0 bridgehead atoms. The number of aryl methyl sites for hydroxylation is 2. The van der Waals surface area contributed by atoms with Gasteiger partial charge < -0.3 is 15.4 Å². The number of rotatable bonds is 3. The van der Waals surface area contributed by atoms with Crippen molar-refractivity contribution in [3.05, 3.63) is 47.2 Å². The molecule has 6 heteroatoms. The summed E-state index contributed by atoms with van der Waals surface area (Å²) < 4.78 is 5.80. The average molecular weight is 352 g/mol. The minimum absolute atomic E-state index is 0.136. The average Bonchev–Trinajstić information content (AvgIpc) is 2.68. The number of hydrogen-bond acceptors (Lipinski definition) is 6.